The molecule has 0 bridgehead atoms. The van der Waals surface area contributed by atoms with E-state index >= 15 is 0 Å². The predicted molar refractivity (Wildman–Crippen MR) is 103 cm³/mol. The van der Waals surface area contributed by atoms with Crippen molar-refractivity contribution in [2.24, 2.45) is 0 Å². The van der Waals surface area contributed by atoms with Crippen molar-refractivity contribution >= 4 is 17.2 Å². The first-order chi connectivity index (χ1) is 12.9. The second kappa shape index (κ2) is 6.98. The van der Waals surface area contributed by atoms with Crippen LogP contribution in [-0.2, 0) is 4.74 Å². The van der Waals surface area contributed by atoms with Crippen molar-refractivity contribution in [2.45, 2.75) is 43.5 Å². The molecule has 144 valence electrons. The van der Waals surface area contributed by atoms with Crippen molar-refractivity contribution in [3.63, 3.8) is 0 Å². The van der Waals surface area contributed by atoms with Gasteiger partial charge in [0.2, 0.25) is 0 Å². The molecule has 2 atom stereocenters. The molecule has 6 nitrogen and oxygen atoms in total. The van der Waals surface area contributed by atoms with Crippen LogP contribution in [0, 0.1) is 0 Å². The highest BCUT2D eigenvalue weighted by atomic mass is 32.1. The predicted octanol–water partition coefficient (Wildman–Crippen LogP) is 2.32. The van der Waals surface area contributed by atoms with E-state index in [1.807, 2.05) is 30.3 Å². The molecule has 3 heterocycles. The van der Waals surface area contributed by atoms with Crippen LogP contribution in [0.1, 0.15) is 36.7 Å². The summed E-state index contributed by atoms with van der Waals surface area (Å²) in [6.07, 6.45) is 0.483. The van der Waals surface area contributed by atoms with Crippen LogP contribution in [0.25, 0.3) is 10.6 Å². The highest BCUT2D eigenvalue weighted by molar-refractivity contribution is 7.13. The quantitative estimate of drug-likeness (QED) is 0.825. The summed E-state index contributed by atoms with van der Waals surface area (Å²) < 4.78 is 5.89. The van der Waals surface area contributed by atoms with Gasteiger partial charge in [-0.3, -0.25) is 4.79 Å². The summed E-state index contributed by atoms with van der Waals surface area (Å²) in [6, 6.07) is 9.81. The van der Waals surface area contributed by atoms with Crippen molar-refractivity contribution in [3.05, 3.63) is 41.4 Å². The van der Waals surface area contributed by atoms with Gasteiger partial charge >= 0.3 is 0 Å². The second-order valence-corrected chi connectivity index (χ2v) is 8.48. The van der Waals surface area contributed by atoms with E-state index in [1.54, 1.807) is 17.2 Å². The number of rotatable bonds is 2. The molecule has 1 aromatic carbocycles. The topological polar surface area (TPSA) is 82.9 Å². The third-order valence-electron chi connectivity index (χ3n) is 5.73. The fourth-order valence-electron chi connectivity index (χ4n) is 4.00. The molecular weight excluding hydrogens is 364 g/mol. The molecule has 2 saturated heterocycles. The summed E-state index contributed by atoms with van der Waals surface area (Å²) in [5.74, 6) is -0.0969. The lowest BCUT2D eigenvalue weighted by Crippen LogP contribution is -2.64. The van der Waals surface area contributed by atoms with Crippen LogP contribution in [0.3, 0.4) is 0 Å². The van der Waals surface area contributed by atoms with Gasteiger partial charge in [0.25, 0.3) is 5.91 Å². The van der Waals surface area contributed by atoms with Crippen LogP contribution in [0.2, 0.25) is 0 Å². The van der Waals surface area contributed by atoms with Gasteiger partial charge in [-0.05, 0) is 19.8 Å². The van der Waals surface area contributed by atoms with Gasteiger partial charge in [-0.2, -0.15) is 0 Å². The lowest BCUT2D eigenvalue weighted by atomic mass is 9.75. The molecule has 4 rings (SSSR count). The Balaban J connectivity index is 1.44. The minimum Gasteiger partial charge on any atom is -0.387 e. The third kappa shape index (κ3) is 3.40. The minimum absolute atomic E-state index is 0.0969. The number of nitrogens with zero attached hydrogens (tertiary/aromatic N) is 2. The van der Waals surface area contributed by atoms with E-state index in [0.717, 1.165) is 10.6 Å². The Kier molecular flexibility index (Phi) is 4.80. The molecule has 2 fully saturated rings. The standard InChI is InChI=1S/C20H24N2O4S/c1-19(25)9-12-26-20(18(19)24)7-10-22(11-8-20)17(23)15-13-27-16(21-15)14-5-3-2-4-6-14/h2-6,13,18,24-25H,7-12H2,1H3/t18-,19+/m0/s1. The molecule has 7 heteroatoms. The van der Waals surface area contributed by atoms with Crippen LogP contribution in [0.15, 0.2) is 35.7 Å². The van der Waals surface area contributed by atoms with Gasteiger partial charge in [0.05, 0.1) is 12.2 Å². The number of carbonyl (C=O) groups is 1. The normalized spacial score (nSPS) is 27.7. The number of aromatic nitrogens is 1. The first kappa shape index (κ1) is 18.6. The lowest BCUT2D eigenvalue weighted by molar-refractivity contribution is -0.244. The molecule has 2 aliphatic rings. The highest BCUT2D eigenvalue weighted by Gasteiger charge is 2.53. The Labute approximate surface area is 162 Å². The van der Waals surface area contributed by atoms with Gasteiger partial charge in [-0.15, -0.1) is 11.3 Å². The molecule has 1 aromatic heterocycles. The van der Waals surface area contributed by atoms with Gasteiger partial charge in [0, 0.05) is 30.5 Å². The molecule has 1 spiro atoms. The van der Waals surface area contributed by atoms with Gasteiger partial charge in [0.15, 0.2) is 0 Å². The van der Waals surface area contributed by atoms with Crippen LogP contribution in [0.5, 0.6) is 0 Å². The number of ether oxygens (including phenoxy) is 1. The molecule has 0 aliphatic carbocycles. The Hall–Kier alpha value is -1.80. The van der Waals surface area contributed by atoms with Gasteiger partial charge in [-0.1, -0.05) is 30.3 Å². The van der Waals surface area contributed by atoms with E-state index in [4.69, 9.17) is 4.74 Å². The Morgan fingerprint density at radius 3 is 2.67 bits per heavy atom. The van der Waals surface area contributed by atoms with Crippen LogP contribution in [-0.4, -0.2) is 63.0 Å². The largest absolute Gasteiger partial charge is 0.387 e. The molecule has 2 aromatic rings. The maximum absolute atomic E-state index is 12.8. The van der Waals surface area contributed by atoms with Crippen molar-refractivity contribution in [1.82, 2.24) is 9.88 Å². The number of aliphatic hydroxyl groups is 2. The fourth-order valence-corrected chi connectivity index (χ4v) is 4.80. The Bertz CT molecular complexity index is 812. The summed E-state index contributed by atoms with van der Waals surface area (Å²) in [5.41, 5.74) is -0.466. The van der Waals surface area contributed by atoms with Crippen molar-refractivity contribution < 1.29 is 19.7 Å². The lowest BCUT2D eigenvalue weighted by Gasteiger charge is -2.51. The van der Waals surface area contributed by atoms with Crippen LogP contribution >= 0.6 is 11.3 Å². The molecule has 27 heavy (non-hydrogen) atoms. The summed E-state index contributed by atoms with van der Waals surface area (Å²) in [4.78, 5) is 19.1. The zero-order valence-corrected chi connectivity index (χ0v) is 16.1. The number of aliphatic hydroxyl groups excluding tert-OH is 1. The maximum atomic E-state index is 12.8. The zero-order chi connectivity index (χ0) is 19.1. The summed E-state index contributed by atoms with van der Waals surface area (Å²) in [5, 5.41) is 23.6. The Morgan fingerprint density at radius 2 is 1.96 bits per heavy atom. The first-order valence-corrected chi connectivity index (χ1v) is 10.1. The average molecular weight is 388 g/mol. The maximum Gasteiger partial charge on any atom is 0.273 e. The van der Waals surface area contributed by atoms with Crippen molar-refractivity contribution in [3.8, 4) is 10.6 Å². The number of likely N-dealkylation sites (tertiary alicyclic amines) is 1. The first-order valence-electron chi connectivity index (χ1n) is 9.26. The van der Waals surface area contributed by atoms with E-state index < -0.39 is 17.3 Å². The van der Waals surface area contributed by atoms with Crippen molar-refractivity contribution in [2.75, 3.05) is 19.7 Å². The number of piperidine rings is 1. The smallest absolute Gasteiger partial charge is 0.273 e. The monoisotopic (exact) mass is 388 g/mol. The van der Waals surface area contributed by atoms with Gasteiger partial charge in [0.1, 0.15) is 22.4 Å². The molecule has 0 saturated carbocycles. The van der Waals surface area contributed by atoms with E-state index in [1.165, 1.54) is 11.3 Å². The number of hydrogen-bond donors (Lipinski definition) is 2. The van der Waals surface area contributed by atoms with E-state index in [9.17, 15) is 15.0 Å². The summed E-state index contributed by atoms with van der Waals surface area (Å²) in [7, 11) is 0. The minimum atomic E-state index is -1.15. The van der Waals surface area contributed by atoms with Gasteiger partial charge < -0.3 is 19.8 Å². The van der Waals surface area contributed by atoms with Crippen LogP contribution < -0.4 is 0 Å². The molecule has 0 radical (unpaired) electrons. The molecule has 2 aliphatic heterocycles. The molecule has 1 amide bonds. The van der Waals surface area contributed by atoms with Gasteiger partial charge in [-0.25, -0.2) is 4.98 Å². The summed E-state index contributed by atoms with van der Waals surface area (Å²) in [6.45, 7) is 3.03. The van der Waals surface area contributed by atoms with E-state index in [2.05, 4.69) is 4.98 Å². The molecule has 2 N–H and O–H groups in total. The SMILES string of the molecule is C[C@@]1(O)CCOC2(CCN(C(=O)c3csc(-c4ccccc4)n3)CC2)[C@H]1O. The zero-order valence-electron chi connectivity index (χ0n) is 15.3. The highest BCUT2D eigenvalue weighted by Crippen LogP contribution is 2.40. The summed E-state index contributed by atoms with van der Waals surface area (Å²) >= 11 is 1.46. The molecule has 0 unspecified atom stereocenters. The number of amides is 1. The number of thiazole rings is 1. The van der Waals surface area contributed by atoms with E-state index in [0.29, 0.717) is 44.7 Å². The van der Waals surface area contributed by atoms with E-state index in [-0.39, 0.29) is 5.91 Å². The number of hydrogen-bond acceptors (Lipinski definition) is 6. The third-order valence-corrected chi connectivity index (χ3v) is 6.62. The number of benzene rings is 1. The Morgan fingerprint density at radius 1 is 1.26 bits per heavy atom. The van der Waals surface area contributed by atoms with Crippen molar-refractivity contribution in [1.29, 1.82) is 0 Å². The van der Waals surface area contributed by atoms with Crippen LogP contribution in [0.4, 0.5) is 0 Å². The molecular formula is C20H24N2O4S. The fraction of sp³-hybridized carbons (Fsp3) is 0.500. The second-order valence-electron chi connectivity index (χ2n) is 7.62. The average Bonchev–Trinajstić information content (AvgIpc) is 3.17. The number of carbonyl (C=O) groups excluding carboxylic acids is 1.